The van der Waals surface area contributed by atoms with Crippen molar-refractivity contribution < 1.29 is 14.1 Å². The summed E-state index contributed by atoms with van der Waals surface area (Å²) >= 11 is 0. The predicted octanol–water partition coefficient (Wildman–Crippen LogP) is 1.99. The Kier molecular flexibility index (Phi) is 4.80. The topological polar surface area (TPSA) is 84.6 Å². The molecule has 0 saturated heterocycles. The zero-order chi connectivity index (χ0) is 18.6. The summed E-state index contributed by atoms with van der Waals surface area (Å²) in [6.07, 6.45) is 1.68. The van der Waals surface area contributed by atoms with Crippen molar-refractivity contribution >= 4 is 11.6 Å². The Hall–Kier alpha value is -3.26. The van der Waals surface area contributed by atoms with Gasteiger partial charge < -0.3 is 14.2 Å². The lowest BCUT2D eigenvalue weighted by molar-refractivity contribution is -0.119. The highest BCUT2D eigenvalue weighted by Crippen LogP contribution is 2.30. The molecule has 3 aromatic rings. The molecule has 0 fully saturated rings. The van der Waals surface area contributed by atoms with E-state index in [0.717, 1.165) is 11.4 Å². The summed E-state index contributed by atoms with van der Waals surface area (Å²) in [5.41, 5.74) is 1.45. The van der Waals surface area contributed by atoms with Gasteiger partial charge >= 0.3 is 0 Å². The molecule has 0 bridgehead atoms. The number of para-hydroxylation sites is 2. The molecule has 0 radical (unpaired) electrons. The van der Waals surface area contributed by atoms with E-state index in [0.29, 0.717) is 37.1 Å². The first-order valence-electron chi connectivity index (χ1n) is 8.65. The normalized spacial score (nSPS) is 13.3. The first-order valence-corrected chi connectivity index (χ1v) is 8.65. The van der Waals surface area contributed by atoms with Crippen LogP contribution in [-0.2, 0) is 11.3 Å². The Morgan fingerprint density at radius 2 is 2.07 bits per heavy atom. The van der Waals surface area contributed by atoms with E-state index in [2.05, 4.69) is 15.1 Å². The largest absolute Gasteiger partial charge is 0.490 e. The number of carbonyl (C=O) groups is 1. The van der Waals surface area contributed by atoms with Gasteiger partial charge in [0.1, 0.15) is 18.1 Å². The zero-order valence-corrected chi connectivity index (χ0v) is 14.9. The lowest BCUT2D eigenvalue weighted by Crippen LogP contribution is -2.43. The molecule has 1 aromatic carbocycles. The fourth-order valence-corrected chi connectivity index (χ4v) is 2.95. The van der Waals surface area contributed by atoms with E-state index < -0.39 is 0 Å². The zero-order valence-electron chi connectivity index (χ0n) is 14.9. The molecule has 27 heavy (non-hydrogen) atoms. The summed E-state index contributed by atoms with van der Waals surface area (Å²) in [4.78, 5) is 24.9. The highest BCUT2D eigenvalue weighted by atomic mass is 16.5. The number of hydrogen-bond donors (Lipinski definition) is 0. The maximum atomic E-state index is 12.7. The highest BCUT2D eigenvalue weighted by molar-refractivity contribution is 5.96. The smallest absolute Gasteiger partial charge is 0.241 e. The number of anilines is 1. The van der Waals surface area contributed by atoms with E-state index >= 15 is 0 Å². The van der Waals surface area contributed by atoms with E-state index in [4.69, 9.17) is 9.26 Å². The number of rotatable bonds is 5. The van der Waals surface area contributed by atoms with Gasteiger partial charge in [-0.3, -0.25) is 14.7 Å². The van der Waals surface area contributed by atoms with Gasteiger partial charge in [-0.25, -0.2) is 0 Å². The number of amides is 1. The second-order valence-corrected chi connectivity index (χ2v) is 6.26. The van der Waals surface area contributed by atoms with E-state index in [9.17, 15) is 4.79 Å². The molecule has 4 rings (SSSR count). The third-order valence-corrected chi connectivity index (χ3v) is 4.20. The monoisotopic (exact) mass is 365 g/mol. The summed E-state index contributed by atoms with van der Waals surface area (Å²) in [6, 6.07) is 13.1. The van der Waals surface area contributed by atoms with E-state index in [1.165, 1.54) is 0 Å². The first kappa shape index (κ1) is 17.2. The van der Waals surface area contributed by atoms with Gasteiger partial charge in [-0.1, -0.05) is 23.4 Å². The SMILES string of the molecule is CN(CC(=O)N1CCOc2ccccc21)Cc1nc(-c2ccccn2)no1. The van der Waals surface area contributed by atoms with Gasteiger partial charge in [0.15, 0.2) is 0 Å². The predicted molar refractivity (Wildman–Crippen MR) is 98.2 cm³/mol. The second kappa shape index (κ2) is 7.55. The number of pyridine rings is 1. The number of benzene rings is 1. The van der Waals surface area contributed by atoms with Crippen LogP contribution in [0.1, 0.15) is 5.89 Å². The molecule has 8 nitrogen and oxygen atoms in total. The second-order valence-electron chi connectivity index (χ2n) is 6.26. The third kappa shape index (κ3) is 3.80. The third-order valence-electron chi connectivity index (χ3n) is 4.20. The molecule has 0 N–H and O–H groups in total. The van der Waals surface area contributed by atoms with Gasteiger partial charge in [0.25, 0.3) is 0 Å². The number of carbonyl (C=O) groups excluding carboxylic acids is 1. The molecule has 1 aliphatic heterocycles. The van der Waals surface area contributed by atoms with Crippen molar-refractivity contribution in [3.63, 3.8) is 0 Å². The summed E-state index contributed by atoms with van der Waals surface area (Å²) in [5.74, 6) is 1.61. The molecule has 0 saturated carbocycles. The minimum absolute atomic E-state index is 0.00212. The fraction of sp³-hybridized carbons (Fsp3) is 0.263. The van der Waals surface area contributed by atoms with Crippen LogP contribution in [0.5, 0.6) is 5.75 Å². The van der Waals surface area contributed by atoms with Crippen LogP contribution in [0, 0.1) is 0 Å². The Morgan fingerprint density at radius 1 is 1.22 bits per heavy atom. The van der Waals surface area contributed by atoms with Gasteiger partial charge in [-0.05, 0) is 31.3 Å². The van der Waals surface area contributed by atoms with Crippen molar-refractivity contribution in [1.82, 2.24) is 20.0 Å². The minimum Gasteiger partial charge on any atom is -0.490 e. The van der Waals surface area contributed by atoms with Crippen LogP contribution in [0.15, 0.2) is 53.2 Å². The van der Waals surface area contributed by atoms with Crippen molar-refractivity contribution in [1.29, 1.82) is 0 Å². The van der Waals surface area contributed by atoms with Crippen LogP contribution in [0.4, 0.5) is 5.69 Å². The molecule has 8 heteroatoms. The molecule has 1 amide bonds. The van der Waals surface area contributed by atoms with Gasteiger partial charge in [0, 0.05) is 6.20 Å². The van der Waals surface area contributed by atoms with Crippen LogP contribution < -0.4 is 9.64 Å². The summed E-state index contributed by atoms with van der Waals surface area (Å²) in [7, 11) is 1.84. The molecule has 0 aliphatic carbocycles. The molecular formula is C19H19N5O3. The van der Waals surface area contributed by atoms with Crippen LogP contribution >= 0.6 is 0 Å². The number of likely N-dealkylation sites (N-methyl/N-ethyl adjacent to an activating group) is 1. The number of aromatic nitrogens is 3. The van der Waals surface area contributed by atoms with Crippen LogP contribution in [0.2, 0.25) is 0 Å². The quantitative estimate of drug-likeness (QED) is 0.683. The summed E-state index contributed by atoms with van der Waals surface area (Å²) in [6.45, 7) is 1.63. The lowest BCUT2D eigenvalue weighted by Gasteiger charge is -2.30. The minimum atomic E-state index is -0.00212. The molecule has 0 atom stereocenters. The van der Waals surface area contributed by atoms with Gasteiger partial charge in [-0.2, -0.15) is 4.98 Å². The molecule has 1 aliphatic rings. The van der Waals surface area contributed by atoms with E-state index in [-0.39, 0.29) is 12.5 Å². The maximum absolute atomic E-state index is 12.7. The number of nitrogens with zero attached hydrogens (tertiary/aromatic N) is 5. The highest BCUT2D eigenvalue weighted by Gasteiger charge is 2.24. The molecule has 0 spiro atoms. The Labute approximate surface area is 156 Å². The van der Waals surface area contributed by atoms with Gasteiger partial charge in [0.2, 0.25) is 17.6 Å². The fourth-order valence-electron chi connectivity index (χ4n) is 2.95. The molecular weight excluding hydrogens is 346 g/mol. The van der Waals surface area contributed by atoms with Crippen molar-refractivity contribution in [3.05, 3.63) is 54.6 Å². The molecule has 138 valence electrons. The maximum Gasteiger partial charge on any atom is 0.241 e. The van der Waals surface area contributed by atoms with Crippen LogP contribution in [0.3, 0.4) is 0 Å². The standard InChI is InChI=1S/C19H19N5O3/c1-23(12-17-21-19(22-27-17)14-6-4-5-9-20-14)13-18(25)24-10-11-26-16-8-3-2-7-15(16)24/h2-9H,10-13H2,1H3. The van der Waals surface area contributed by atoms with E-state index in [1.54, 1.807) is 11.1 Å². The number of ether oxygens (including phenoxy) is 1. The first-order chi connectivity index (χ1) is 13.2. The lowest BCUT2D eigenvalue weighted by atomic mass is 10.2. The molecule has 2 aromatic heterocycles. The summed E-state index contributed by atoms with van der Waals surface area (Å²) in [5, 5.41) is 3.95. The molecule has 0 unspecified atom stereocenters. The molecule has 3 heterocycles. The Balaban J connectivity index is 1.39. The van der Waals surface area contributed by atoms with Crippen molar-refractivity contribution in [2.75, 3.05) is 31.6 Å². The average molecular weight is 365 g/mol. The van der Waals surface area contributed by atoms with Crippen molar-refractivity contribution in [3.8, 4) is 17.3 Å². The Morgan fingerprint density at radius 3 is 2.93 bits per heavy atom. The average Bonchev–Trinajstić information content (AvgIpc) is 3.16. The van der Waals surface area contributed by atoms with Gasteiger partial charge in [-0.15, -0.1) is 0 Å². The summed E-state index contributed by atoms with van der Waals surface area (Å²) < 4.78 is 10.9. The van der Waals surface area contributed by atoms with Crippen LogP contribution in [-0.4, -0.2) is 52.7 Å². The van der Waals surface area contributed by atoms with Crippen molar-refractivity contribution in [2.45, 2.75) is 6.54 Å². The van der Waals surface area contributed by atoms with Crippen LogP contribution in [0.25, 0.3) is 11.5 Å². The van der Waals surface area contributed by atoms with E-state index in [1.807, 2.05) is 54.4 Å². The number of hydrogen-bond acceptors (Lipinski definition) is 7. The Bertz CT molecular complexity index is 928. The van der Waals surface area contributed by atoms with Gasteiger partial charge in [0.05, 0.1) is 25.3 Å². The number of fused-ring (bicyclic) bond motifs is 1. The van der Waals surface area contributed by atoms with Crippen molar-refractivity contribution in [2.24, 2.45) is 0 Å².